The second-order valence-electron chi connectivity index (χ2n) is 9.37. The Morgan fingerprint density at radius 1 is 0.872 bits per heavy atom. The van der Waals surface area contributed by atoms with E-state index in [1.54, 1.807) is 24.3 Å². The molecule has 1 saturated heterocycles. The summed E-state index contributed by atoms with van der Waals surface area (Å²) in [5.74, 6) is 1.04. The molecule has 4 aromatic rings. The van der Waals surface area contributed by atoms with Gasteiger partial charge >= 0.3 is 0 Å². The third kappa shape index (κ3) is 7.79. The molecule has 1 aliphatic heterocycles. The van der Waals surface area contributed by atoms with Gasteiger partial charge in [0.05, 0.1) is 0 Å². The topological polar surface area (TPSA) is 61.4 Å². The average molecular weight is 562 g/mol. The molecule has 9 heteroatoms. The van der Waals surface area contributed by atoms with Gasteiger partial charge in [-0.1, -0.05) is 78.0 Å². The fourth-order valence-electron chi connectivity index (χ4n) is 4.38. The van der Waals surface area contributed by atoms with E-state index in [-0.39, 0.29) is 11.7 Å². The number of piperazine rings is 1. The van der Waals surface area contributed by atoms with Crippen LogP contribution >= 0.6 is 23.4 Å². The lowest BCUT2D eigenvalue weighted by atomic mass is 10.1. The van der Waals surface area contributed by atoms with Gasteiger partial charge in [0.15, 0.2) is 5.16 Å². The Morgan fingerprint density at radius 2 is 1.56 bits per heavy atom. The van der Waals surface area contributed by atoms with Crippen LogP contribution in [0.5, 0.6) is 0 Å². The number of nitrogens with one attached hydrogen (secondary N) is 1. The van der Waals surface area contributed by atoms with Crippen LogP contribution in [0.4, 0.5) is 10.2 Å². The van der Waals surface area contributed by atoms with Crippen molar-refractivity contribution in [3.63, 3.8) is 0 Å². The molecule has 0 aliphatic carbocycles. The normalized spacial score (nSPS) is 13.8. The summed E-state index contributed by atoms with van der Waals surface area (Å²) in [4.78, 5) is 26.4. The number of carbonyl (C=O) groups is 1. The number of hydrogen-bond donors (Lipinski definition) is 1. The number of nitrogens with zero attached hydrogens (tertiary/aromatic N) is 4. The van der Waals surface area contributed by atoms with Crippen LogP contribution in [0, 0.1) is 5.82 Å². The minimum atomic E-state index is -0.296. The Balaban J connectivity index is 1.12. The van der Waals surface area contributed by atoms with Crippen LogP contribution in [-0.2, 0) is 18.8 Å². The van der Waals surface area contributed by atoms with Crippen LogP contribution in [0.25, 0.3) is 0 Å². The van der Waals surface area contributed by atoms with Crippen molar-refractivity contribution in [3.05, 3.63) is 118 Å². The Morgan fingerprint density at radius 3 is 2.28 bits per heavy atom. The van der Waals surface area contributed by atoms with Gasteiger partial charge in [-0.15, -0.1) is 0 Å². The molecule has 0 radical (unpaired) electrons. The van der Waals surface area contributed by atoms with Crippen molar-refractivity contribution in [1.82, 2.24) is 20.2 Å². The van der Waals surface area contributed by atoms with Gasteiger partial charge in [-0.3, -0.25) is 9.69 Å². The van der Waals surface area contributed by atoms with E-state index in [9.17, 15) is 9.18 Å². The first-order chi connectivity index (χ1) is 19.0. The smallest absolute Gasteiger partial charge is 0.251 e. The van der Waals surface area contributed by atoms with Crippen LogP contribution in [0.1, 0.15) is 27.0 Å². The molecule has 200 valence electrons. The summed E-state index contributed by atoms with van der Waals surface area (Å²) in [6.07, 6.45) is 0. The lowest BCUT2D eigenvalue weighted by molar-refractivity contribution is 0.0951. The molecule has 0 atom stereocenters. The predicted molar refractivity (Wildman–Crippen MR) is 155 cm³/mol. The summed E-state index contributed by atoms with van der Waals surface area (Å²) < 4.78 is 13.1. The number of amides is 1. The molecule has 5 rings (SSSR count). The summed E-state index contributed by atoms with van der Waals surface area (Å²) in [5, 5.41) is 3.92. The van der Waals surface area contributed by atoms with E-state index < -0.39 is 0 Å². The van der Waals surface area contributed by atoms with Crippen molar-refractivity contribution in [3.8, 4) is 0 Å². The zero-order valence-corrected chi connectivity index (χ0v) is 23.0. The maximum Gasteiger partial charge on any atom is 0.251 e. The summed E-state index contributed by atoms with van der Waals surface area (Å²) >= 11 is 7.88. The zero-order chi connectivity index (χ0) is 27.0. The van der Waals surface area contributed by atoms with Crippen molar-refractivity contribution in [1.29, 1.82) is 0 Å². The molecular weight excluding hydrogens is 533 g/mol. The van der Waals surface area contributed by atoms with Gasteiger partial charge in [0.25, 0.3) is 5.91 Å². The monoisotopic (exact) mass is 561 g/mol. The highest BCUT2D eigenvalue weighted by atomic mass is 35.5. The van der Waals surface area contributed by atoms with E-state index >= 15 is 0 Å². The fourth-order valence-corrected chi connectivity index (χ4v) is 5.41. The summed E-state index contributed by atoms with van der Waals surface area (Å²) in [6.45, 7) is 4.98. The van der Waals surface area contributed by atoms with Crippen molar-refractivity contribution >= 4 is 35.1 Å². The lowest BCUT2D eigenvalue weighted by Crippen LogP contribution is -2.46. The van der Waals surface area contributed by atoms with Crippen molar-refractivity contribution < 1.29 is 9.18 Å². The molecule has 1 fully saturated rings. The van der Waals surface area contributed by atoms with Gasteiger partial charge in [0, 0.05) is 56.7 Å². The molecule has 1 aromatic heterocycles. The minimum Gasteiger partial charge on any atom is -0.354 e. The fraction of sp³-hybridized carbons (Fsp3) is 0.233. The molecule has 3 aromatic carbocycles. The Hall–Kier alpha value is -3.46. The second kappa shape index (κ2) is 13.1. The van der Waals surface area contributed by atoms with Crippen LogP contribution in [0.3, 0.4) is 0 Å². The van der Waals surface area contributed by atoms with E-state index in [1.165, 1.54) is 29.5 Å². The molecule has 2 heterocycles. The number of carbonyl (C=O) groups excluding carboxylic acids is 1. The van der Waals surface area contributed by atoms with Crippen molar-refractivity contribution in [2.24, 2.45) is 0 Å². The van der Waals surface area contributed by atoms with Crippen molar-refractivity contribution in [2.75, 3.05) is 31.1 Å². The molecule has 0 bridgehead atoms. The van der Waals surface area contributed by atoms with E-state index in [4.69, 9.17) is 16.6 Å². The quantitative estimate of drug-likeness (QED) is 0.158. The number of rotatable bonds is 9. The highest BCUT2D eigenvalue weighted by Gasteiger charge is 2.19. The van der Waals surface area contributed by atoms with Gasteiger partial charge in [0.2, 0.25) is 0 Å². The van der Waals surface area contributed by atoms with Gasteiger partial charge in [0.1, 0.15) is 16.8 Å². The number of thioether (sulfide) groups is 1. The third-order valence-corrected chi connectivity index (χ3v) is 7.67. The largest absolute Gasteiger partial charge is 0.354 e. The Bertz CT molecular complexity index is 1380. The average Bonchev–Trinajstić information content (AvgIpc) is 2.96. The van der Waals surface area contributed by atoms with Crippen LogP contribution < -0.4 is 10.2 Å². The molecule has 6 nitrogen and oxygen atoms in total. The number of benzene rings is 3. The first-order valence-electron chi connectivity index (χ1n) is 12.8. The van der Waals surface area contributed by atoms with Gasteiger partial charge in [-0.25, -0.2) is 14.4 Å². The van der Waals surface area contributed by atoms with Crippen LogP contribution in [-0.4, -0.2) is 47.0 Å². The second-order valence-corrected chi connectivity index (χ2v) is 10.7. The third-order valence-electron chi connectivity index (χ3n) is 6.56. The molecule has 0 unspecified atom stereocenters. The maximum absolute atomic E-state index is 13.1. The molecule has 39 heavy (non-hydrogen) atoms. The molecular formula is C30H29ClFN5OS. The SMILES string of the molecule is O=C(NCc1ccc(F)cc1)c1ccc(CSc2nc(Cl)cc(N3CCN(Cc4ccccc4)CC3)n2)cc1. The predicted octanol–water partition coefficient (Wildman–Crippen LogP) is 5.81. The zero-order valence-electron chi connectivity index (χ0n) is 21.4. The summed E-state index contributed by atoms with van der Waals surface area (Å²) in [7, 11) is 0. The minimum absolute atomic E-state index is 0.176. The van der Waals surface area contributed by atoms with Gasteiger partial charge < -0.3 is 10.2 Å². The molecule has 0 saturated carbocycles. The first-order valence-corrected chi connectivity index (χ1v) is 14.2. The highest BCUT2D eigenvalue weighted by Crippen LogP contribution is 2.25. The van der Waals surface area contributed by atoms with E-state index in [0.29, 0.717) is 28.2 Å². The van der Waals surface area contributed by atoms with E-state index in [1.807, 2.05) is 24.3 Å². The number of anilines is 1. The summed E-state index contributed by atoms with van der Waals surface area (Å²) in [6, 6.07) is 25.9. The van der Waals surface area contributed by atoms with Crippen molar-refractivity contribution in [2.45, 2.75) is 24.0 Å². The maximum atomic E-state index is 13.1. The molecule has 0 spiro atoms. The first kappa shape index (κ1) is 27.1. The van der Waals surface area contributed by atoms with Crippen LogP contribution in [0.2, 0.25) is 5.15 Å². The standard InChI is InChI=1S/C30H29ClFN5OS/c31-27-18-28(37-16-14-36(15-17-37)20-23-4-2-1-3-5-23)35-30(34-27)39-21-24-6-10-25(11-7-24)29(38)33-19-22-8-12-26(32)13-9-22/h1-13,18H,14-17,19-21H2,(H,33,38). The summed E-state index contributed by atoms with van der Waals surface area (Å²) in [5.41, 5.74) is 3.79. The number of hydrogen-bond acceptors (Lipinski definition) is 6. The molecule has 1 aliphatic rings. The Labute approximate surface area is 237 Å². The van der Waals surface area contributed by atoms with E-state index in [2.05, 4.69) is 44.4 Å². The Kier molecular flexibility index (Phi) is 9.08. The molecule has 1 N–H and O–H groups in total. The lowest BCUT2D eigenvalue weighted by Gasteiger charge is -2.35. The van der Waals surface area contributed by atoms with Gasteiger partial charge in [-0.05, 0) is 41.0 Å². The number of halogens is 2. The van der Waals surface area contributed by atoms with Gasteiger partial charge in [-0.2, -0.15) is 0 Å². The van der Waals surface area contributed by atoms with E-state index in [0.717, 1.165) is 49.7 Å². The molecule has 1 amide bonds. The number of aromatic nitrogens is 2. The highest BCUT2D eigenvalue weighted by molar-refractivity contribution is 7.98. The van der Waals surface area contributed by atoms with Crippen LogP contribution in [0.15, 0.2) is 90.1 Å².